The lowest BCUT2D eigenvalue weighted by Gasteiger charge is -2.15. The number of fused-ring (bicyclic) bond motifs is 2. The highest BCUT2D eigenvalue weighted by atomic mass is 32.2. The Hall–Kier alpha value is -3.57. The fraction of sp³-hybridized carbons (Fsp3) is 0.394. The molecule has 0 spiro atoms. The van der Waals surface area contributed by atoms with Gasteiger partial charge in [-0.05, 0) is 73.1 Å². The molecule has 0 saturated carbocycles. The summed E-state index contributed by atoms with van der Waals surface area (Å²) in [5.41, 5.74) is 2.35. The summed E-state index contributed by atoms with van der Waals surface area (Å²) in [6.07, 6.45) is 5.40. The third-order valence-corrected chi connectivity index (χ3v) is 7.12. The average molecular weight is 613 g/mol. The lowest BCUT2D eigenvalue weighted by atomic mass is 10.0. The first-order valence-electron chi connectivity index (χ1n) is 14.3. The second-order valence-electron chi connectivity index (χ2n) is 10.1. The summed E-state index contributed by atoms with van der Waals surface area (Å²) in [7, 11) is 3.22. The van der Waals surface area contributed by atoms with Crippen LogP contribution in [0, 0.1) is 0 Å². The van der Waals surface area contributed by atoms with E-state index in [4.69, 9.17) is 23.5 Å². The highest BCUT2D eigenvalue weighted by Crippen LogP contribution is 2.34. The molecule has 9 nitrogen and oxygen atoms in total. The molecule has 10 heteroatoms. The van der Waals surface area contributed by atoms with Crippen molar-refractivity contribution < 1.29 is 31.9 Å². The molecular weight excluding hydrogens is 568 g/mol. The zero-order valence-electron chi connectivity index (χ0n) is 25.7. The molecule has 0 fully saturated rings. The van der Waals surface area contributed by atoms with Crippen molar-refractivity contribution in [2.45, 2.75) is 38.8 Å². The number of nitrogens with one attached hydrogen (secondary N) is 2. The van der Waals surface area contributed by atoms with Crippen LogP contribution in [-0.2, 0) is 23.2 Å². The van der Waals surface area contributed by atoms with Crippen LogP contribution in [0.4, 0.5) is 0 Å². The first kappa shape index (κ1) is 33.9. The van der Waals surface area contributed by atoms with Crippen molar-refractivity contribution >= 4 is 31.7 Å². The van der Waals surface area contributed by atoms with Gasteiger partial charge in [-0.2, -0.15) is 8.42 Å². The number of hydrogen-bond acceptors (Lipinski definition) is 8. The number of rotatable bonds is 15. The summed E-state index contributed by atoms with van der Waals surface area (Å²) < 4.78 is 48.2. The molecule has 0 saturated heterocycles. The van der Waals surface area contributed by atoms with Crippen molar-refractivity contribution in [3.05, 3.63) is 71.8 Å². The second kappa shape index (κ2) is 16.9. The van der Waals surface area contributed by atoms with Gasteiger partial charge in [-0.3, -0.25) is 4.55 Å². The van der Waals surface area contributed by atoms with Crippen LogP contribution in [0.3, 0.4) is 0 Å². The van der Waals surface area contributed by atoms with Gasteiger partial charge < -0.3 is 29.6 Å². The average Bonchev–Trinajstić information content (AvgIpc) is 3.00. The smallest absolute Gasteiger partial charge is 0.261 e. The molecule has 0 radical (unpaired) electrons. The van der Waals surface area contributed by atoms with Crippen molar-refractivity contribution in [2.24, 2.45) is 0 Å². The number of methoxy groups -OCH3 is 4. The minimum Gasteiger partial charge on any atom is -0.496 e. The van der Waals surface area contributed by atoms with E-state index >= 15 is 0 Å². The van der Waals surface area contributed by atoms with Gasteiger partial charge in [0.15, 0.2) is 0 Å². The third-order valence-electron chi connectivity index (χ3n) is 7.12. The van der Waals surface area contributed by atoms with E-state index in [2.05, 4.69) is 34.9 Å². The molecule has 0 atom stereocenters. The molecule has 234 valence electrons. The number of hydrogen-bond donors (Lipinski definition) is 3. The largest absolute Gasteiger partial charge is 0.496 e. The van der Waals surface area contributed by atoms with Crippen LogP contribution in [0.2, 0.25) is 0 Å². The summed E-state index contributed by atoms with van der Waals surface area (Å²) >= 11 is 0. The molecule has 0 bridgehead atoms. The zero-order valence-corrected chi connectivity index (χ0v) is 26.6. The minimum absolute atomic E-state index is 0.715. The quantitative estimate of drug-likeness (QED) is 0.110. The maximum absolute atomic E-state index is 9.19. The van der Waals surface area contributed by atoms with Crippen molar-refractivity contribution in [1.82, 2.24) is 10.6 Å². The lowest BCUT2D eigenvalue weighted by Crippen LogP contribution is -2.17. The Morgan fingerprint density at radius 1 is 0.558 bits per heavy atom. The Kier molecular flexibility index (Phi) is 13.3. The summed E-state index contributed by atoms with van der Waals surface area (Å²) in [5.74, 6) is 3.59. The lowest BCUT2D eigenvalue weighted by molar-refractivity contribution is 0.407. The molecule has 0 heterocycles. The van der Waals surface area contributed by atoms with Crippen molar-refractivity contribution in [1.29, 1.82) is 0 Å². The highest BCUT2D eigenvalue weighted by molar-refractivity contribution is 7.85. The fourth-order valence-electron chi connectivity index (χ4n) is 5.13. The molecule has 3 N–H and O–H groups in total. The Bertz CT molecular complexity index is 1460. The first-order valence-corrected chi connectivity index (χ1v) is 16.2. The first-order chi connectivity index (χ1) is 20.7. The molecule has 0 amide bonds. The SMILES string of the molecule is COc1ccc2c(OC)cccc2c1CNCCCCCCNCc1c(OC)ccc2c(OC)cccc12.CS(=O)(=O)O. The van der Waals surface area contributed by atoms with E-state index in [0.717, 1.165) is 72.8 Å². The molecule has 4 aromatic carbocycles. The monoisotopic (exact) mass is 612 g/mol. The van der Waals surface area contributed by atoms with E-state index in [1.54, 1.807) is 28.4 Å². The Morgan fingerprint density at radius 2 is 0.930 bits per heavy atom. The van der Waals surface area contributed by atoms with E-state index in [1.807, 2.05) is 36.4 Å². The van der Waals surface area contributed by atoms with E-state index < -0.39 is 10.1 Å². The van der Waals surface area contributed by atoms with Crippen molar-refractivity contribution in [3.8, 4) is 23.0 Å². The molecule has 0 aliphatic heterocycles. The summed E-state index contributed by atoms with van der Waals surface area (Å²) in [6, 6.07) is 20.5. The van der Waals surface area contributed by atoms with Gasteiger partial charge in [-0.15, -0.1) is 0 Å². The maximum atomic E-state index is 9.19. The van der Waals surface area contributed by atoms with E-state index in [9.17, 15) is 8.42 Å². The van der Waals surface area contributed by atoms with Crippen LogP contribution < -0.4 is 29.6 Å². The molecule has 4 aromatic rings. The Balaban J connectivity index is 0.000000934. The summed E-state index contributed by atoms with van der Waals surface area (Å²) in [5, 5.41) is 11.8. The predicted octanol–water partition coefficient (Wildman–Crippen LogP) is 5.97. The van der Waals surface area contributed by atoms with Gasteiger partial charge in [0.25, 0.3) is 10.1 Å². The third kappa shape index (κ3) is 10.00. The van der Waals surface area contributed by atoms with Crippen LogP contribution in [-0.4, -0.2) is 60.8 Å². The van der Waals surface area contributed by atoms with Gasteiger partial charge in [0.05, 0.1) is 34.7 Å². The molecule has 0 aromatic heterocycles. The normalized spacial score (nSPS) is 11.2. The van der Waals surface area contributed by atoms with Crippen LogP contribution in [0.5, 0.6) is 23.0 Å². The molecule has 43 heavy (non-hydrogen) atoms. The zero-order chi connectivity index (χ0) is 31.2. The predicted molar refractivity (Wildman–Crippen MR) is 173 cm³/mol. The number of unbranched alkanes of at least 4 members (excludes halogenated alkanes) is 3. The minimum atomic E-state index is -3.67. The van der Waals surface area contributed by atoms with Gasteiger partial charge in [-0.1, -0.05) is 37.1 Å². The molecule has 0 unspecified atom stereocenters. The van der Waals surface area contributed by atoms with Crippen LogP contribution >= 0.6 is 0 Å². The van der Waals surface area contributed by atoms with Gasteiger partial charge in [-0.25, -0.2) is 0 Å². The van der Waals surface area contributed by atoms with Crippen molar-refractivity contribution in [2.75, 3.05) is 47.8 Å². The molecule has 4 rings (SSSR count). The second-order valence-corrected chi connectivity index (χ2v) is 11.6. The summed E-state index contributed by atoms with van der Waals surface area (Å²) in [4.78, 5) is 0. The fourth-order valence-corrected chi connectivity index (χ4v) is 5.13. The highest BCUT2D eigenvalue weighted by Gasteiger charge is 2.12. The molecule has 0 aliphatic rings. The van der Waals surface area contributed by atoms with Gasteiger partial charge in [0, 0.05) is 35.0 Å². The number of benzene rings is 4. The van der Waals surface area contributed by atoms with E-state index in [-0.39, 0.29) is 0 Å². The summed E-state index contributed by atoms with van der Waals surface area (Å²) in [6.45, 7) is 3.50. The maximum Gasteiger partial charge on any atom is 0.261 e. The van der Waals surface area contributed by atoms with E-state index in [0.29, 0.717) is 6.26 Å². The molecule has 0 aliphatic carbocycles. The van der Waals surface area contributed by atoms with Crippen molar-refractivity contribution in [3.63, 3.8) is 0 Å². The van der Waals surface area contributed by atoms with Crippen LogP contribution in [0.15, 0.2) is 60.7 Å². The topological polar surface area (TPSA) is 115 Å². The van der Waals surface area contributed by atoms with Gasteiger partial charge in [0.1, 0.15) is 23.0 Å². The van der Waals surface area contributed by atoms with Crippen LogP contribution in [0.25, 0.3) is 21.5 Å². The Labute approximate surface area is 255 Å². The van der Waals surface area contributed by atoms with E-state index in [1.165, 1.54) is 34.7 Å². The Morgan fingerprint density at radius 3 is 1.28 bits per heavy atom. The molecular formula is C33H44N2O7S. The van der Waals surface area contributed by atoms with Gasteiger partial charge >= 0.3 is 0 Å². The van der Waals surface area contributed by atoms with Gasteiger partial charge in [0.2, 0.25) is 0 Å². The van der Waals surface area contributed by atoms with Crippen LogP contribution in [0.1, 0.15) is 36.8 Å². The number of ether oxygens (including phenoxy) is 4. The standard InChI is InChI=1S/C32H40N2O4.CH4O3S/c1-35-29-13-9-11-23-25(29)15-17-31(37-3)27(23)21-33-19-7-5-6-8-20-34-22-28-24-12-10-14-30(36-2)26(24)16-18-32(28)38-4;1-5(2,3)4/h9-18,33-34H,5-8,19-22H2,1-4H3;1H3,(H,2,3,4).